The minimum Gasteiger partial charge on any atom is -0.341 e. The average molecular weight is 351 g/mol. The van der Waals surface area contributed by atoms with E-state index in [2.05, 4.69) is 26.1 Å². The standard InChI is InChI=1S/C19H27ClN2O2/c1-13(21-17(23)14-7-9-15(20)10-8-14)18(24)22-11-5-6-16(22)12-19(2,3)4/h7-10,13,16H,5-6,11-12H2,1-4H3,(H,21,23). The molecule has 1 aromatic carbocycles. The van der Waals surface area contributed by atoms with Crippen molar-refractivity contribution in [3.63, 3.8) is 0 Å². The van der Waals surface area contributed by atoms with Crippen LogP contribution in [0.25, 0.3) is 0 Å². The van der Waals surface area contributed by atoms with Crippen LogP contribution in [0, 0.1) is 5.41 Å². The molecule has 1 fully saturated rings. The first kappa shape index (κ1) is 18.8. The highest BCUT2D eigenvalue weighted by molar-refractivity contribution is 6.30. The molecule has 0 radical (unpaired) electrons. The highest BCUT2D eigenvalue weighted by Crippen LogP contribution is 2.30. The first-order chi connectivity index (χ1) is 11.2. The summed E-state index contributed by atoms with van der Waals surface area (Å²) in [6.07, 6.45) is 3.06. The van der Waals surface area contributed by atoms with E-state index in [1.165, 1.54) is 0 Å². The van der Waals surface area contributed by atoms with Gasteiger partial charge in [-0.05, 0) is 55.9 Å². The van der Waals surface area contributed by atoms with Crippen LogP contribution in [0.5, 0.6) is 0 Å². The zero-order chi connectivity index (χ0) is 17.9. The highest BCUT2D eigenvalue weighted by Gasteiger charge is 2.34. The molecule has 2 atom stereocenters. The zero-order valence-electron chi connectivity index (χ0n) is 14.9. The van der Waals surface area contributed by atoms with Gasteiger partial charge in [0.1, 0.15) is 6.04 Å². The van der Waals surface area contributed by atoms with Gasteiger partial charge in [-0.25, -0.2) is 0 Å². The maximum absolute atomic E-state index is 12.8. The molecule has 132 valence electrons. The fraction of sp³-hybridized carbons (Fsp3) is 0.579. The average Bonchev–Trinajstić information content (AvgIpc) is 2.92. The SMILES string of the molecule is CC(NC(=O)c1ccc(Cl)cc1)C(=O)N1CCCC1CC(C)(C)C. The Hall–Kier alpha value is -1.55. The number of amides is 2. The van der Waals surface area contributed by atoms with Crippen molar-refractivity contribution >= 4 is 23.4 Å². The number of likely N-dealkylation sites (tertiary alicyclic amines) is 1. The smallest absolute Gasteiger partial charge is 0.251 e. The van der Waals surface area contributed by atoms with Crippen LogP contribution in [-0.2, 0) is 4.79 Å². The van der Waals surface area contributed by atoms with Crippen molar-refractivity contribution < 1.29 is 9.59 Å². The van der Waals surface area contributed by atoms with Crippen molar-refractivity contribution in [1.82, 2.24) is 10.2 Å². The summed E-state index contributed by atoms with van der Waals surface area (Å²) in [4.78, 5) is 27.0. The van der Waals surface area contributed by atoms with E-state index in [9.17, 15) is 9.59 Å². The Morgan fingerprint density at radius 2 is 1.92 bits per heavy atom. The van der Waals surface area contributed by atoms with E-state index in [-0.39, 0.29) is 23.3 Å². The van der Waals surface area contributed by atoms with Crippen LogP contribution < -0.4 is 5.32 Å². The summed E-state index contributed by atoms with van der Waals surface area (Å²) in [5, 5.41) is 3.38. The van der Waals surface area contributed by atoms with E-state index < -0.39 is 6.04 Å². The lowest BCUT2D eigenvalue weighted by Crippen LogP contribution is -2.49. The summed E-state index contributed by atoms with van der Waals surface area (Å²) in [5.74, 6) is -0.247. The Kier molecular flexibility index (Phi) is 5.92. The molecule has 1 aliphatic heterocycles. The fourth-order valence-electron chi connectivity index (χ4n) is 3.24. The van der Waals surface area contributed by atoms with Crippen molar-refractivity contribution in [2.45, 2.75) is 59.0 Å². The van der Waals surface area contributed by atoms with Gasteiger partial charge in [0.15, 0.2) is 0 Å². The molecule has 1 aromatic rings. The summed E-state index contributed by atoms with van der Waals surface area (Å²) in [5.41, 5.74) is 0.690. The molecule has 2 unspecified atom stereocenters. The molecule has 4 nitrogen and oxygen atoms in total. The van der Waals surface area contributed by atoms with E-state index in [0.29, 0.717) is 10.6 Å². The molecule has 1 heterocycles. The third-order valence-electron chi connectivity index (χ3n) is 4.33. The number of nitrogens with zero attached hydrogens (tertiary/aromatic N) is 1. The predicted molar refractivity (Wildman–Crippen MR) is 97.2 cm³/mol. The number of hydrogen-bond donors (Lipinski definition) is 1. The number of rotatable bonds is 4. The molecule has 0 spiro atoms. The van der Waals surface area contributed by atoms with Crippen LogP contribution in [-0.4, -0.2) is 35.3 Å². The Bertz CT molecular complexity index is 592. The van der Waals surface area contributed by atoms with Crippen LogP contribution in [0.3, 0.4) is 0 Å². The summed E-state index contributed by atoms with van der Waals surface area (Å²) >= 11 is 5.83. The normalized spacial score (nSPS) is 19.2. The third-order valence-corrected chi connectivity index (χ3v) is 4.58. The van der Waals surface area contributed by atoms with Crippen molar-refractivity contribution in [3.8, 4) is 0 Å². The van der Waals surface area contributed by atoms with Crippen molar-refractivity contribution in [1.29, 1.82) is 0 Å². The van der Waals surface area contributed by atoms with Gasteiger partial charge in [-0.2, -0.15) is 0 Å². The Morgan fingerprint density at radius 1 is 1.29 bits per heavy atom. The van der Waals surface area contributed by atoms with Crippen LogP contribution >= 0.6 is 11.6 Å². The Labute approximate surface area is 149 Å². The number of nitrogens with one attached hydrogen (secondary N) is 1. The lowest BCUT2D eigenvalue weighted by molar-refractivity contribution is -0.134. The van der Waals surface area contributed by atoms with Crippen LogP contribution in [0.1, 0.15) is 57.3 Å². The van der Waals surface area contributed by atoms with E-state index in [4.69, 9.17) is 11.6 Å². The molecule has 0 aliphatic carbocycles. The molecule has 0 saturated carbocycles. The minimum atomic E-state index is -0.534. The number of carbonyl (C=O) groups is 2. The Morgan fingerprint density at radius 3 is 2.50 bits per heavy atom. The summed E-state index contributed by atoms with van der Waals surface area (Å²) < 4.78 is 0. The van der Waals surface area contributed by atoms with Gasteiger partial charge < -0.3 is 10.2 Å². The molecule has 2 rings (SSSR count). The predicted octanol–water partition coefficient (Wildman–Crippen LogP) is 3.89. The quantitative estimate of drug-likeness (QED) is 0.895. The molecule has 0 bridgehead atoms. The molecule has 5 heteroatoms. The third kappa shape index (κ3) is 4.97. The van der Waals surface area contributed by atoms with Gasteiger partial charge in [0.25, 0.3) is 5.91 Å². The summed E-state index contributed by atoms with van der Waals surface area (Å²) in [6.45, 7) is 9.11. The molecule has 1 saturated heterocycles. The van der Waals surface area contributed by atoms with Crippen LogP contribution in [0.4, 0.5) is 0 Å². The van der Waals surface area contributed by atoms with Gasteiger partial charge in [0.05, 0.1) is 0 Å². The van der Waals surface area contributed by atoms with Crippen molar-refractivity contribution in [2.24, 2.45) is 5.41 Å². The van der Waals surface area contributed by atoms with Gasteiger partial charge in [0.2, 0.25) is 5.91 Å². The number of hydrogen-bond acceptors (Lipinski definition) is 2. The number of halogens is 1. The number of carbonyl (C=O) groups excluding carboxylic acids is 2. The van der Waals surface area contributed by atoms with Crippen molar-refractivity contribution in [3.05, 3.63) is 34.9 Å². The van der Waals surface area contributed by atoms with E-state index >= 15 is 0 Å². The lowest BCUT2D eigenvalue weighted by Gasteiger charge is -2.32. The monoisotopic (exact) mass is 350 g/mol. The van der Waals surface area contributed by atoms with Gasteiger partial charge >= 0.3 is 0 Å². The first-order valence-corrected chi connectivity index (χ1v) is 8.92. The summed E-state index contributed by atoms with van der Waals surface area (Å²) in [7, 11) is 0. The Balaban J connectivity index is 1.98. The summed E-state index contributed by atoms with van der Waals surface area (Å²) in [6, 6.07) is 6.40. The molecule has 1 aliphatic rings. The molecular formula is C19H27ClN2O2. The largest absolute Gasteiger partial charge is 0.341 e. The maximum Gasteiger partial charge on any atom is 0.251 e. The molecule has 2 amide bonds. The van der Waals surface area contributed by atoms with Gasteiger partial charge in [-0.1, -0.05) is 32.4 Å². The highest BCUT2D eigenvalue weighted by atomic mass is 35.5. The van der Waals surface area contributed by atoms with E-state index in [0.717, 1.165) is 25.8 Å². The molecule has 24 heavy (non-hydrogen) atoms. The van der Waals surface area contributed by atoms with E-state index in [1.54, 1.807) is 31.2 Å². The lowest BCUT2D eigenvalue weighted by atomic mass is 9.87. The maximum atomic E-state index is 12.8. The fourth-order valence-corrected chi connectivity index (χ4v) is 3.36. The number of benzene rings is 1. The molecule has 1 N–H and O–H groups in total. The minimum absolute atomic E-state index is 0.00376. The van der Waals surface area contributed by atoms with Gasteiger partial charge in [0, 0.05) is 23.2 Å². The molecular weight excluding hydrogens is 324 g/mol. The van der Waals surface area contributed by atoms with Gasteiger partial charge in [-0.15, -0.1) is 0 Å². The zero-order valence-corrected chi connectivity index (χ0v) is 15.7. The van der Waals surface area contributed by atoms with Crippen LogP contribution in [0.2, 0.25) is 5.02 Å². The second kappa shape index (κ2) is 7.56. The van der Waals surface area contributed by atoms with E-state index in [1.807, 2.05) is 4.90 Å². The first-order valence-electron chi connectivity index (χ1n) is 8.54. The topological polar surface area (TPSA) is 49.4 Å². The second-order valence-corrected chi connectivity index (χ2v) is 8.23. The van der Waals surface area contributed by atoms with Crippen molar-refractivity contribution in [2.75, 3.05) is 6.54 Å². The second-order valence-electron chi connectivity index (χ2n) is 7.79. The molecule has 0 aromatic heterocycles. The van der Waals surface area contributed by atoms with Crippen LogP contribution in [0.15, 0.2) is 24.3 Å². The van der Waals surface area contributed by atoms with Gasteiger partial charge in [-0.3, -0.25) is 9.59 Å².